The number of carbonyl (C=O) groups is 2. The Kier molecular flexibility index (Phi) is 5.94. The van der Waals surface area contributed by atoms with Crippen LogP contribution in [0.15, 0.2) is 42.5 Å². The number of hydrogen-bond donors (Lipinski definition) is 1. The second-order valence-corrected chi connectivity index (χ2v) is 8.61. The van der Waals surface area contributed by atoms with Gasteiger partial charge in [-0.25, -0.2) is 8.78 Å². The van der Waals surface area contributed by atoms with Crippen LogP contribution in [0.2, 0.25) is 0 Å². The molecule has 7 heteroatoms. The van der Waals surface area contributed by atoms with E-state index in [1.165, 1.54) is 4.90 Å². The molecular weight excluding hydrogens is 400 g/mol. The summed E-state index contributed by atoms with van der Waals surface area (Å²) in [5.74, 6) is -1.82. The van der Waals surface area contributed by atoms with Gasteiger partial charge in [0.05, 0.1) is 0 Å². The van der Waals surface area contributed by atoms with Crippen molar-refractivity contribution in [3.63, 3.8) is 0 Å². The molecule has 0 radical (unpaired) electrons. The van der Waals surface area contributed by atoms with E-state index in [4.69, 9.17) is 0 Å². The zero-order valence-corrected chi connectivity index (χ0v) is 17.8. The van der Waals surface area contributed by atoms with Gasteiger partial charge < -0.3 is 15.1 Å². The number of carbonyl (C=O) groups excluding carboxylic acids is 2. The van der Waals surface area contributed by atoms with Crippen molar-refractivity contribution in [1.29, 1.82) is 0 Å². The van der Waals surface area contributed by atoms with Crippen LogP contribution in [0.1, 0.15) is 42.5 Å². The quantitative estimate of drug-likeness (QED) is 0.785. The van der Waals surface area contributed by atoms with Gasteiger partial charge in [-0.1, -0.05) is 31.0 Å². The van der Waals surface area contributed by atoms with Crippen LogP contribution in [0.25, 0.3) is 0 Å². The van der Waals surface area contributed by atoms with E-state index in [0.29, 0.717) is 12.0 Å². The smallest absolute Gasteiger partial charge is 0.254 e. The highest BCUT2D eigenvalue weighted by Crippen LogP contribution is 2.41. The summed E-state index contributed by atoms with van der Waals surface area (Å²) in [6.07, 6.45) is 4.53. The lowest BCUT2D eigenvalue weighted by Crippen LogP contribution is -2.47. The first kappa shape index (κ1) is 21.3. The molecule has 1 saturated heterocycles. The summed E-state index contributed by atoms with van der Waals surface area (Å²) < 4.78 is 28.7. The molecule has 0 aromatic heterocycles. The molecule has 2 amide bonds. The number of rotatable bonds is 4. The van der Waals surface area contributed by atoms with Crippen molar-refractivity contribution >= 4 is 23.2 Å². The van der Waals surface area contributed by atoms with Gasteiger partial charge in [0.15, 0.2) is 11.6 Å². The minimum absolute atomic E-state index is 0.0156. The SMILES string of the molecule is CN(C)c1c(F)cc(NC(=O)C2CC3CCCCC3N2C(=O)c2ccccc2)cc1F. The molecule has 31 heavy (non-hydrogen) atoms. The topological polar surface area (TPSA) is 52.7 Å². The van der Waals surface area contributed by atoms with Crippen LogP contribution in [0.5, 0.6) is 0 Å². The molecule has 2 aliphatic rings. The third-order valence-corrected chi connectivity index (χ3v) is 6.38. The standard InChI is InChI=1S/C24H27F2N3O2/c1-28(2)22-18(25)13-17(14-19(22)26)27-23(30)21-12-16-10-6-7-11-20(16)29(21)24(31)15-8-4-3-5-9-15/h3-5,8-9,13-14,16,20-21H,6-7,10-12H2,1-2H3,(H,27,30). The lowest BCUT2D eigenvalue weighted by atomic mass is 9.84. The van der Waals surface area contributed by atoms with E-state index >= 15 is 0 Å². The summed E-state index contributed by atoms with van der Waals surface area (Å²) in [5, 5.41) is 2.65. The second-order valence-electron chi connectivity index (χ2n) is 8.61. The van der Waals surface area contributed by atoms with Crippen molar-refractivity contribution in [2.45, 2.75) is 44.2 Å². The zero-order valence-electron chi connectivity index (χ0n) is 17.8. The number of hydrogen-bond acceptors (Lipinski definition) is 3. The Labute approximate surface area is 181 Å². The Bertz CT molecular complexity index is 957. The zero-order chi connectivity index (χ0) is 22.1. The lowest BCUT2D eigenvalue weighted by molar-refractivity contribution is -0.120. The second kappa shape index (κ2) is 8.65. The molecule has 2 fully saturated rings. The van der Waals surface area contributed by atoms with Crippen molar-refractivity contribution < 1.29 is 18.4 Å². The Morgan fingerprint density at radius 2 is 1.68 bits per heavy atom. The average molecular weight is 427 g/mol. The fraction of sp³-hybridized carbons (Fsp3) is 0.417. The van der Waals surface area contributed by atoms with E-state index in [9.17, 15) is 18.4 Å². The highest BCUT2D eigenvalue weighted by molar-refractivity contribution is 6.02. The molecule has 1 heterocycles. The number of likely N-dealkylation sites (tertiary alicyclic amines) is 1. The van der Waals surface area contributed by atoms with Gasteiger partial charge in [-0.05, 0) is 49.4 Å². The van der Waals surface area contributed by atoms with Crippen LogP contribution < -0.4 is 10.2 Å². The van der Waals surface area contributed by atoms with Crippen molar-refractivity contribution in [2.24, 2.45) is 5.92 Å². The van der Waals surface area contributed by atoms with Crippen molar-refractivity contribution in [3.8, 4) is 0 Å². The summed E-state index contributed by atoms with van der Waals surface area (Å²) in [4.78, 5) is 29.6. The minimum atomic E-state index is -0.752. The molecule has 4 rings (SSSR count). The normalized spacial score (nSPS) is 22.7. The molecule has 5 nitrogen and oxygen atoms in total. The third-order valence-electron chi connectivity index (χ3n) is 6.38. The van der Waals surface area contributed by atoms with Crippen LogP contribution >= 0.6 is 0 Å². The van der Waals surface area contributed by atoms with Gasteiger partial charge in [0.25, 0.3) is 5.91 Å². The van der Waals surface area contributed by atoms with Crippen LogP contribution in [0.4, 0.5) is 20.2 Å². The molecule has 0 bridgehead atoms. The third kappa shape index (κ3) is 4.13. The number of fused-ring (bicyclic) bond motifs is 1. The fourth-order valence-corrected chi connectivity index (χ4v) is 5.01. The Hall–Kier alpha value is -2.96. The van der Waals surface area contributed by atoms with Gasteiger partial charge in [-0.2, -0.15) is 0 Å². The molecule has 1 aliphatic heterocycles. The Balaban J connectivity index is 1.60. The summed E-state index contributed by atoms with van der Waals surface area (Å²) in [6, 6.07) is 10.5. The molecule has 1 N–H and O–H groups in total. The van der Waals surface area contributed by atoms with E-state index in [2.05, 4.69) is 5.32 Å². The number of amides is 2. The fourth-order valence-electron chi connectivity index (χ4n) is 5.01. The van der Waals surface area contributed by atoms with E-state index in [1.807, 2.05) is 6.07 Å². The largest absolute Gasteiger partial charge is 0.373 e. The van der Waals surface area contributed by atoms with Crippen LogP contribution in [0, 0.1) is 17.6 Å². The van der Waals surface area contributed by atoms with Gasteiger partial charge in [-0.3, -0.25) is 9.59 Å². The summed E-state index contributed by atoms with van der Waals surface area (Å²) in [5.41, 5.74) is 0.428. The number of nitrogens with one attached hydrogen (secondary N) is 1. The molecule has 2 aromatic rings. The molecule has 1 aliphatic carbocycles. The molecule has 3 unspecified atom stereocenters. The van der Waals surface area contributed by atoms with Crippen LogP contribution in [-0.2, 0) is 4.79 Å². The van der Waals surface area contributed by atoms with Crippen LogP contribution in [-0.4, -0.2) is 42.9 Å². The van der Waals surface area contributed by atoms with E-state index < -0.39 is 23.6 Å². The van der Waals surface area contributed by atoms with Crippen LogP contribution in [0.3, 0.4) is 0 Å². The lowest BCUT2D eigenvalue weighted by Gasteiger charge is -2.33. The number of anilines is 2. The monoisotopic (exact) mass is 427 g/mol. The van der Waals surface area contributed by atoms with Gasteiger partial charge in [-0.15, -0.1) is 0 Å². The van der Waals surface area contributed by atoms with E-state index in [0.717, 1.165) is 37.8 Å². The summed E-state index contributed by atoms with van der Waals surface area (Å²) in [6.45, 7) is 0. The van der Waals surface area contributed by atoms with E-state index in [-0.39, 0.29) is 29.2 Å². The Morgan fingerprint density at radius 1 is 1.03 bits per heavy atom. The average Bonchev–Trinajstić information content (AvgIpc) is 3.13. The van der Waals surface area contributed by atoms with Crippen molar-refractivity contribution in [1.82, 2.24) is 4.90 Å². The number of halogens is 2. The predicted molar refractivity (Wildman–Crippen MR) is 116 cm³/mol. The summed E-state index contributed by atoms with van der Waals surface area (Å²) >= 11 is 0. The highest BCUT2D eigenvalue weighted by Gasteiger charge is 2.47. The maximum atomic E-state index is 14.4. The Morgan fingerprint density at radius 3 is 2.32 bits per heavy atom. The molecule has 1 saturated carbocycles. The van der Waals surface area contributed by atoms with Gasteiger partial charge >= 0.3 is 0 Å². The first-order valence-electron chi connectivity index (χ1n) is 10.7. The molecule has 3 atom stereocenters. The predicted octanol–water partition coefficient (Wildman–Crippen LogP) is 4.44. The number of benzene rings is 2. The molecule has 2 aromatic carbocycles. The maximum absolute atomic E-state index is 14.4. The summed E-state index contributed by atoms with van der Waals surface area (Å²) in [7, 11) is 3.10. The first-order chi connectivity index (χ1) is 14.9. The maximum Gasteiger partial charge on any atom is 0.254 e. The minimum Gasteiger partial charge on any atom is -0.373 e. The highest BCUT2D eigenvalue weighted by atomic mass is 19.1. The van der Waals surface area contributed by atoms with Crippen molar-refractivity contribution in [2.75, 3.05) is 24.3 Å². The molecule has 0 spiro atoms. The van der Waals surface area contributed by atoms with Crippen molar-refractivity contribution in [3.05, 3.63) is 59.7 Å². The molecular formula is C24H27F2N3O2. The van der Waals surface area contributed by atoms with Gasteiger partial charge in [0, 0.05) is 31.4 Å². The first-order valence-corrected chi connectivity index (χ1v) is 10.7. The van der Waals surface area contributed by atoms with E-state index in [1.54, 1.807) is 43.3 Å². The number of nitrogens with zero attached hydrogens (tertiary/aromatic N) is 2. The van der Waals surface area contributed by atoms with Gasteiger partial charge in [0.2, 0.25) is 5.91 Å². The molecule has 164 valence electrons. The van der Waals surface area contributed by atoms with Gasteiger partial charge in [0.1, 0.15) is 11.7 Å².